The van der Waals surface area contributed by atoms with Gasteiger partial charge in [0.2, 0.25) is 0 Å². The van der Waals surface area contributed by atoms with Crippen molar-refractivity contribution in [3.8, 4) is 0 Å². The summed E-state index contributed by atoms with van der Waals surface area (Å²) >= 11 is 0. The van der Waals surface area contributed by atoms with Crippen LogP contribution in [0.3, 0.4) is 0 Å². The Morgan fingerprint density at radius 1 is 1.29 bits per heavy atom. The van der Waals surface area contributed by atoms with Gasteiger partial charge in [-0.1, -0.05) is 0 Å². The van der Waals surface area contributed by atoms with E-state index in [4.69, 9.17) is 4.74 Å². The third-order valence-corrected chi connectivity index (χ3v) is 3.90. The van der Waals surface area contributed by atoms with Crippen LogP contribution in [0.4, 0.5) is 4.79 Å². The quantitative estimate of drug-likeness (QED) is 0.727. The molecule has 0 aromatic rings. The summed E-state index contributed by atoms with van der Waals surface area (Å²) in [7, 11) is 2.12. The third-order valence-electron chi connectivity index (χ3n) is 3.90. The summed E-state index contributed by atoms with van der Waals surface area (Å²) in [5, 5.41) is 3.05. The van der Waals surface area contributed by atoms with E-state index in [1.807, 2.05) is 4.90 Å². The van der Waals surface area contributed by atoms with E-state index in [2.05, 4.69) is 31.1 Å². The second kappa shape index (κ2) is 5.23. The van der Waals surface area contributed by atoms with Crippen LogP contribution in [0, 0.1) is 0 Å². The highest BCUT2D eigenvalue weighted by Gasteiger charge is 2.30. The number of nitrogens with zero attached hydrogens (tertiary/aromatic N) is 2. The van der Waals surface area contributed by atoms with Gasteiger partial charge in [0.25, 0.3) is 0 Å². The Kier molecular flexibility index (Phi) is 3.89. The predicted molar refractivity (Wildman–Crippen MR) is 66.0 cm³/mol. The molecule has 2 rings (SSSR count). The number of carbonyl (C=O) groups excluding carboxylic acids is 1. The highest BCUT2D eigenvalue weighted by Crippen LogP contribution is 2.14. The number of nitrogens with one attached hydrogen (secondary N) is 1. The van der Waals surface area contributed by atoms with Crippen molar-refractivity contribution in [1.29, 1.82) is 0 Å². The number of ether oxygens (including phenoxy) is 1. The summed E-state index contributed by atoms with van der Waals surface area (Å²) in [5.41, 5.74) is 0. The molecule has 2 heterocycles. The maximum absolute atomic E-state index is 12.1. The monoisotopic (exact) mass is 241 g/mol. The summed E-state index contributed by atoms with van der Waals surface area (Å²) < 4.78 is 5.26. The van der Waals surface area contributed by atoms with Crippen LogP contribution < -0.4 is 5.32 Å². The van der Waals surface area contributed by atoms with Gasteiger partial charge in [0.15, 0.2) is 0 Å². The molecule has 1 N–H and O–H groups in total. The second-order valence-corrected chi connectivity index (χ2v) is 5.28. The van der Waals surface area contributed by atoms with E-state index in [1.165, 1.54) is 0 Å². The first-order chi connectivity index (χ1) is 8.08. The van der Waals surface area contributed by atoms with Gasteiger partial charge in [0.05, 0.1) is 12.6 Å². The molecule has 0 bridgehead atoms. The number of urea groups is 1. The third kappa shape index (κ3) is 2.90. The van der Waals surface area contributed by atoms with Gasteiger partial charge < -0.3 is 15.0 Å². The fraction of sp³-hybridized carbons (Fsp3) is 0.917. The summed E-state index contributed by atoms with van der Waals surface area (Å²) in [6, 6.07) is 1.11. The maximum atomic E-state index is 12.1. The van der Waals surface area contributed by atoms with Crippen LogP contribution in [-0.2, 0) is 4.74 Å². The number of amides is 2. The first-order valence-corrected chi connectivity index (χ1v) is 6.43. The van der Waals surface area contributed by atoms with Crippen LogP contribution in [0.25, 0.3) is 0 Å². The zero-order valence-corrected chi connectivity index (χ0v) is 11.0. The first-order valence-electron chi connectivity index (χ1n) is 6.43. The van der Waals surface area contributed by atoms with Crippen molar-refractivity contribution in [3.05, 3.63) is 0 Å². The SMILES string of the molecule is CC1CN(C(=O)NC2CCOC2)CC(C)N1C. The van der Waals surface area contributed by atoms with E-state index in [9.17, 15) is 4.79 Å². The average molecular weight is 241 g/mol. The van der Waals surface area contributed by atoms with E-state index < -0.39 is 0 Å². The van der Waals surface area contributed by atoms with Crippen LogP contribution in [0.5, 0.6) is 0 Å². The average Bonchev–Trinajstić information content (AvgIpc) is 2.77. The Bertz CT molecular complexity index is 267. The van der Waals surface area contributed by atoms with Crippen LogP contribution in [-0.4, -0.2) is 67.3 Å². The molecular weight excluding hydrogens is 218 g/mol. The van der Waals surface area contributed by atoms with Crippen LogP contribution in [0.2, 0.25) is 0 Å². The Morgan fingerprint density at radius 2 is 1.94 bits per heavy atom. The van der Waals surface area contributed by atoms with E-state index >= 15 is 0 Å². The van der Waals surface area contributed by atoms with Crippen LogP contribution >= 0.6 is 0 Å². The van der Waals surface area contributed by atoms with Gasteiger partial charge in [0.1, 0.15) is 0 Å². The standard InChI is InChI=1S/C12H23N3O2/c1-9-6-15(7-10(2)14(9)3)12(16)13-11-4-5-17-8-11/h9-11H,4-8H2,1-3H3,(H,13,16). The largest absolute Gasteiger partial charge is 0.379 e. The van der Waals surface area contributed by atoms with Gasteiger partial charge >= 0.3 is 6.03 Å². The van der Waals surface area contributed by atoms with Crippen LogP contribution in [0.1, 0.15) is 20.3 Å². The zero-order chi connectivity index (χ0) is 12.4. The molecule has 0 radical (unpaired) electrons. The molecule has 0 aliphatic carbocycles. The van der Waals surface area contributed by atoms with Crippen molar-refractivity contribution in [1.82, 2.24) is 15.1 Å². The maximum Gasteiger partial charge on any atom is 0.317 e. The van der Waals surface area contributed by atoms with Gasteiger partial charge in [-0.2, -0.15) is 0 Å². The van der Waals surface area contributed by atoms with E-state index in [1.54, 1.807) is 0 Å². The predicted octanol–water partition coefficient (Wildman–Crippen LogP) is 0.509. The molecule has 2 amide bonds. The fourth-order valence-corrected chi connectivity index (χ4v) is 2.48. The Balaban J connectivity index is 1.86. The summed E-state index contributed by atoms with van der Waals surface area (Å²) in [6.07, 6.45) is 0.935. The molecule has 2 aliphatic heterocycles. The lowest BCUT2D eigenvalue weighted by molar-refractivity contribution is 0.0756. The summed E-state index contributed by atoms with van der Waals surface area (Å²) in [6.45, 7) is 7.36. The fourth-order valence-electron chi connectivity index (χ4n) is 2.48. The molecule has 5 nitrogen and oxygen atoms in total. The van der Waals surface area contributed by atoms with E-state index in [0.717, 1.165) is 26.1 Å². The first kappa shape index (κ1) is 12.6. The van der Waals surface area contributed by atoms with Gasteiger partial charge in [-0.3, -0.25) is 4.90 Å². The van der Waals surface area contributed by atoms with E-state index in [-0.39, 0.29) is 12.1 Å². The van der Waals surface area contributed by atoms with Gasteiger partial charge in [-0.25, -0.2) is 4.79 Å². The number of likely N-dealkylation sites (N-methyl/N-ethyl adjacent to an activating group) is 1. The molecule has 2 fully saturated rings. The molecule has 3 atom stereocenters. The number of rotatable bonds is 1. The molecule has 0 aromatic carbocycles. The molecule has 2 aliphatic rings. The minimum Gasteiger partial charge on any atom is -0.379 e. The lowest BCUT2D eigenvalue weighted by Crippen LogP contribution is -2.59. The number of hydrogen-bond donors (Lipinski definition) is 1. The molecule has 5 heteroatoms. The number of carbonyl (C=O) groups is 1. The van der Waals surface area contributed by atoms with Crippen molar-refractivity contribution in [2.45, 2.75) is 38.4 Å². The normalized spacial score (nSPS) is 35.0. The Hall–Kier alpha value is -0.810. The lowest BCUT2D eigenvalue weighted by atomic mass is 10.1. The van der Waals surface area contributed by atoms with Crippen molar-refractivity contribution < 1.29 is 9.53 Å². The highest BCUT2D eigenvalue weighted by atomic mass is 16.5. The molecule has 0 spiro atoms. The van der Waals surface area contributed by atoms with E-state index in [0.29, 0.717) is 18.7 Å². The molecule has 0 aromatic heterocycles. The molecule has 98 valence electrons. The Morgan fingerprint density at radius 3 is 2.47 bits per heavy atom. The van der Waals surface area contributed by atoms with Crippen molar-refractivity contribution in [3.63, 3.8) is 0 Å². The molecule has 0 saturated carbocycles. The highest BCUT2D eigenvalue weighted by molar-refractivity contribution is 5.74. The van der Waals surface area contributed by atoms with Crippen LogP contribution in [0.15, 0.2) is 0 Å². The van der Waals surface area contributed by atoms with Gasteiger partial charge in [-0.05, 0) is 27.3 Å². The van der Waals surface area contributed by atoms with Crippen molar-refractivity contribution in [2.24, 2.45) is 0 Å². The molecule has 17 heavy (non-hydrogen) atoms. The molecule has 3 unspecified atom stereocenters. The topological polar surface area (TPSA) is 44.8 Å². The summed E-state index contributed by atoms with van der Waals surface area (Å²) in [5.74, 6) is 0. The lowest BCUT2D eigenvalue weighted by Gasteiger charge is -2.42. The van der Waals surface area contributed by atoms with Gasteiger partial charge in [0, 0.05) is 31.8 Å². The molecule has 2 saturated heterocycles. The van der Waals surface area contributed by atoms with Gasteiger partial charge in [-0.15, -0.1) is 0 Å². The minimum atomic E-state index is 0.0623. The minimum absolute atomic E-state index is 0.0623. The Labute approximate surface area is 103 Å². The smallest absolute Gasteiger partial charge is 0.317 e. The number of piperazine rings is 1. The molecular formula is C12H23N3O2. The van der Waals surface area contributed by atoms with Crippen molar-refractivity contribution in [2.75, 3.05) is 33.4 Å². The zero-order valence-electron chi connectivity index (χ0n) is 11.0. The number of hydrogen-bond acceptors (Lipinski definition) is 3. The van der Waals surface area contributed by atoms with Crippen molar-refractivity contribution >= 4 is 6.03 Å². The summed E-state index contributed by atoms with van der Waals surface area (Å²) in [4.78, 5) is 16.3. The second-order valence-electron chi connectivity index (χ2n) is 5.28.